The minimum atomic E-state index is -0.259. The molecule has 2 rings (SSSR count). The van der Waals surface area contributed by atoms with Crippen molar-refractivity contribution in [1.29, 1.82) is 0 Å². The summed E-state index contributed by atoms with van der Waals surface area (Å²) in [7, 11) is 1.55. The highest BCUT2D eigenvalue weighted by Crippen LogP contribution is 2.28. The number of amides is 1. The molecule has 0 atom stereocenters. The molecule has 0 radical (unpaired) electrons. The number of carbonyl (C=O) groups excluding carboxylic acids is 1. The normalized spacial score (nSPS) is 10.3. The standard InChI is InChI=1S/C15H14Br2N2O2/c1-8-6-10(16)7-11(14(8)21-3)15(20)19-13-5-4-12(17)9(2)18-13/h4-7H,1-3H3,(H,18,19,20). The Kier molecular flexibility index (Phi) is 5.00. The van der Waals surface area contributed by atoms with Crippen molar-refractivity contribution in [2.24, 2.45) is 0 Å². The van der Waals surface area contributed by atoms with Crippen LogP contribution in [-0.2, 0) is 0 Å². The van der Waals surface area contributed by atoms with Crippen LogP contribution in [0.3, 0.4) is 0 Å². The molecule has 2 aromatic rings. The van der Waals surface area contributed by atoms with E-state index in [0.717, 1.165) is 20.2 Å². The summed E-state index contributed by atoms with van der Waals surface area (Å²) in [6, 6.07) is 7.22. The van der Waals surface area contributed by atoms with Crippen LogP contribution in [0, 0.1) is 13.8 Å². The van der Waals surface area contributed by atoms with E-state index in [1.807, 2.05) is 26.0 Å². The Labute approximate surface area is 140 Å². The zero-order chi connectivity index (χ0) is 15.6. The lowest BCUT2D eigenvalue weighted by Gasteiger charge is -2.12. The van der Waals surface area contributed by atoms with Crippen molar-refractivity contribution < 1.29 is 9.53 Å². The Balaban J connectivity index is 2.34. The Morgan fingerprint density at radius 3 is 2.57 bits per heavy atom. The maximum Gasteiger partial charge on any atom is 0.260 e. The van der Waals surface area contributed by atoms with E-state index in [2.05, 4.69) is 42.2 Å². The first-order valence-corrected chi connectivity index (χ1v) is 7.79. The van der Waals surface area contributed by atoms with Gasteiger partial charge in [0, 0.05) is 8.95 Å². The number of benzene rings is 1. The molecule has 1 heterocycles. The van der Waals surface area contributed by atoms with Gasteiger partial charge in [0.1, 0.15) is 11.6 Å². The molecule has 0 saturated heterocycles. The smallest absolute Gasteiger partial charge is 0.260 e. The molecule has 1 aromatic carbocycles. The number of carbonyl (C=O) groups is 1. The lowest BCUT2D eigenvalue weighted by molar-refractivity contribution is 0.102. The monoisotopic (exact) mass is 412 g/mol. The molecule has 0 aliphatic carbocycles. The minimum Gasteiger partial charge on any atom is -0.496 e. The molecule has 0 bridgehead atoms. The number of pyridine rings is 1. The lowest BCUT2D eigenvalue weighted by atomic mass is 10.1. The molecule has 0 unspecified atom stereocenters. The molecule has 0 fully saturated rings. The average Bonchev–Trinajstić information content (AvgIpc) is 2.42. The molecule has 21 heavy (non-hydrogen) atoms. The van der Waals surface area contributed by atoms with E-state index in [1.165, 1.54) is 0 Å². The van der Waals surface area contributed by atoms with Crippen LogP contribution in [0.2, 0.25) is 0 Å². The number of halogens is 2. The van der Waals surface area contributed by atoms with Crippen molar-refractivity contribution in [1.82, 2.24) is 4.98 Å². The zero-order valence-corrected chi connectivity index (χ0v) is 15.0. The summed E-state index contributed by atoms with van der Waals surface area (Å²) < 4.78 is 7.05. The summed E-state index contributed by atoms with van der Waals surface area (Å²) >= 11 is 6.77. The van der Waals surface area contributed by atoms with E-state index in [-0.39, 0.29) is 5.91 Å². The summed E-state index contributed by atoms with van der Waals surface area (Å²) in [6.07, 6.45) is 0. The van der Waals surface area contributed by atoms with E-state index >= 15 is 0 Å². The summed E-state index contributed by atoms with van der Waals surface area (Å²) in [5, 5.41) is 2.78. The number of aryl methyl sites for hydroxylation is 2. The topological polar surface area (TPSA) is 51.2 Å². The van der Waals surface area contributed by atoms with Crippen LogP contribution in [0.5, 0.6) is 5.75 Å². The van der Waals surface area contributed by atoms with Crippen LogP contribution in [0.1, 0.15) is 21.6 Å². The number of nitrogens with zero attached hydrogens (tertiary/aromatic N) is 1. The van der Waals surface area contributed by atoms with Gasteiger partial charge >= 0.3 is 0 Å². The van der Waals surface area contributed by atoms with Crippen LogP contribution in [0.4, 0.5) is 5.82 Å². The first kappa shape index (κ1) is 16.0. The van der Waals surface area contributed by atoms with Gasteiger partial charge in [-0.2, -0.15) is 0 Å². The van der Waals surface area contributed by atoms with Gasteiger partial charge < -0.3 is 10.1 Å². The highest BCUT2D eigenvalue weighted by atomic mass is 79.9. The van der Waals surface area contributed by atoms with Crippen molar-refractivity contribution in [3.63, 3.8) is 0 Å². The molecule has 0 aliphatic heterocycles. The summed E-state index contributed by atoms with van der Waals surface area (Å²) in [5.74, 6) is 0.801. The first-order chi connectivity index (χ1) is 9.92. The predicted octanol–water partition coefficient (Wildman–Crippen LogP) is 4.48. The van der Waals surface area contributed by atoms with Gasteiger partial charge in [-0.1, -0.05) is 15.9 Å². The van der Waals surface area contributed by atoms with Crippen molar-refractivity contribution in [3.05, 3.63) is 50.0 Å². The number of anilines is 1. The molecular formula is C15H14Br2N2O2. The number of rotatable bonds is 3. The number of nitrogens with one attached hydrogen (secondary N) is 1. The van der Waals surface area contributed by atoms with E-state index in [9.17, 15) is 4.79 Å². The van der Waals surface area contributed by atoms with E-state index < -0.39 is 0 Å². The SMILES string of the molecule is COc1c(C)cc(Br)cc1C(=O)Nc1ccc(Br)c(C)n1. The highest BCUT2D eigenvalue weighted by Gasteiger charge is 2.16. The van der Waals surface area contributed by atoms with Gasteiger partial charge in [-0.3, -0.25) is 4.79 Å². The molecule has 1 N–H and O–H groups in total. The van der Waals surface area contributed by atoms with Gasteiger partial charge in [0.25, 0.3) is 5.91 Å². The molecule has 110 valence electrons. The van der Waals surface area contributed by atoms with Crippen molar-refractivity contribution in [2.45, 2.75) is 13.8 Å². The van der Waals surface area contributed by atoms with Crippen LogP contribution >= 0.6 is 31.9 Å². The fraction of sp³-hybridized carbons (Fsp3) is 0.200. The average molecular weight is 414 g/mol. The molecule has 0 saturated carbocycles. The molecule has 1 amide bonds. The Morgan fingerprint density at radius 1 is 1.24 bits per heavy atom. The maximum atomic E-state index is 12.4. The van der Waals surface area contributed by atoms with Gasteiger partial charge in [-0.25, -0.2) is 4.98 Å². The number of hydrogen-bond donors (Lipinski definition) is 1. The van der Waals surface area contributed by atoms with Crippen molar-refractivity contribution >= 4 is 43.6 Å². The van der Waals surface area contributed by atoms with Crippen molar-refractivity contribution in [2.75, 3.05) is 12.4 Å². The van der Waals surface area contributed by atoms with Gasteiger partial charge in [0.2, 0.25) is 0 Å². The predicted molar refractivity (Wildman–Crippen MR) is 90.1 cm³/mol. The Morgan fingerprint density at radius 2 is 1.95 bits per heavy atom. The third-order valence-electron chi connectivity index (χ3n) is 2.95. The van der Waals surface area contributed by atoms with Gasteiger partial charge in [-0.15, -0.1) is 0 Å². The zero-order valence-electron chi connectivity index (χ0n) is 11.8. The highest BCUT2D eigenvalue weighted by molar-refractivity contribution is 9.10. The van der Waals surface area contributed by atoms with Gasteiger partial charge in [0.05, 0.1) is 18.4 Å². The Hall–Kier alpha value is -1.40. The Bertz CT molecular complexity index is 702. The third kappa shape index (κ3) is 3.63. The number of ether oxygens (including phenoxy) is 1. The molecule has 1 aromatic heterocycles. The molecule has 6 heteroatoms. The van der Waals surface area contributed by atoms with Crippen LogP contribution in [-0.4, -0.2) is 18.0 Å². The summed E-state index contributed by atoms with van der Waals surface area (Å²) in [5.41, 5.74) is 2.16. The fourth-order valence-corrected chi connectivity index (χ4v) is 2.76. The second kappa shape index (κ2) is 6.58. The summed E-state index contributed by atoms with van der Waals surface area (Å²) in [6.45, 7) is 3.76. The fourth-order valence-electron chi connectivity index (χ4n) is 1.97. The van der Waals surface area contributed by atoms with E-state index in [0.29, 0.717) is 17.1 Å². The number of aromatic nitrogens is 1. The molecule has 0 spiro atoms. The van der Waals surface area contributed by atoms with Crippen LogP contribution in [0.15, 0.2) is 33.2 Å². The lowest BCUT2D eigenvalue weighted by Crippen LogP contribution is -2.15. The van der Waals surface area contributed by atoms with E-state index in [1.54, 1.807) is 19.2 Å². The third-order valence-corrected chi connectivity index (χ3v) is 4.25. The first-order valence-electron chi connectivity index (χ1n) is 6.21. The van der Waals surface area contributed by atoms with Crippen LogP contribution in [0.25, 0.3) is 0 Å². The van der Waals surface area contributed by atoms with E-state index in [4.69, 9.17) is 4.74 Å². The number of methoxy groups -OCH3 is 1. The van der Waals surface area contributed by atoms with Crippen LogP contribution < -0.4 is 10.1 Å². The number of hydrogen-bond acceptors (Lipinski definition) is 3. The van der Waals surface area contributed by atoms with Crippen molar-refractivity contribution in [3.8, 4) is 5.75 Å². The molecular weight excluding hydrogens is 400 g/mol. The minimum absolute atomic E-state index is 0.259. The van der Waals surface area contributed by atoms with Gasteiger partial charge in [-0.05, 0) is 59.6 Å². The second-order valence-corrected chi connectivity index (χ2v) is 6.29. The quantitative estimate of drug-likeness (QED) is 0.806. The molecule has 4 nitrogen and oxygen atoms in total. The van der Waals surface area contributed by atoms with Gasteiger partial charge in [0.15, 0.2) is 0 Å². The second-order valence-electron chi connectivity index (χ2n) is 4.52. The maximum absolute atomic E-state index is 12.4. The largest absolute Gasteiger partial charge is 0.496 e. The molecule has 0 aliphatic rings. The summed E-state index contributed by atoms with van der Waals surface area (Å²) in [4.78, 5) is 16.7.